The van der Waals surface area contributed by atoms with Crippen molar-refractivity contribution in [3.8, 4) is 0 Å². The van der Waals surface area contributed by atoms with Gasteiger partial charge >= 0.3 is 0 Å². The number of hydrogen-bond acceptors (Lipinski definition) is 10. The molecule has 1 unspecified atom stereocenters. The van der Waals surface area contributed by atoms with Gasteiger partial charge in [-0.15, -0.1) is 0 Å². The van der Waals surface area contributed by atoms with Crippen molar-refractivity contribution in [2.75, 3.05) is 23.9 Å². The zero-order valence-electron chi connectivity index (χ0n) is 25.1. The predicted molar refractivity (Wildman–Crippen MR) is 171 cm³/mol. The highest BCUT2D eigenvalue weighted by Crippen LogP contribution is 2.44. The molecule has 13 heteroatoms. The number of ketones is 1. The molecule has 1 aromatic heterocycles. The van der Waals surface area contributed by atoms with Crippen LogP contribution in [0.1, 0.15) is 48.3 Å². The van der Waals surface area contributed by atoms with Crippen LogP contribution >= 0.6 is 11.3 Å². The second kappa shape index (κ2) is 11.6. The molecule has 1 N–H and O–H groups in total. The molecule has 0 saturated carbocycles. The van der Waals surface area contributed by atoms with E-state index < -0.39 is 38.3 Å². The highest BCUT2D eigenvalue weighted by atomic mass is 32.2. The Balaban J connectivity index is 1.59. The number of carbonyl (C=O) groups excluding carboxylic acids is 2. The molecule has 0 saturated heterocycles. The minimum atomic E-state index is -4.16. The van der Waals surface area contributed by atoms with Gasteiger partial charge in [-0.25, -0.2) is 13.4 Å². The average Bonchev–Trinajstić information content (AvgIpc) is 3.60. The molecular weight excluding hydrogens is 617 g/mol. The van der Waals surface area contributed by atoms with Crippen LogP contribution in [0.25, 0.3) is 0 Å². The lowest BCUT2D eigenvalue weighted by Crippen LogP contribution is -2.31. The topological polar surface area (TPSA) is 151 Å². The Kier molecular flexibility index (Phi) is 8.10. The normalized spacial score (nSPS) is 15.4. The number of Topliss-reactive ketones (excluding diaryl/α,β-unsaturated/α-hetero) is 1. The van der Waals surface area contributed by atoms with Crippen LogP contribution in [0.3, 0.4) is 0 Å². The van der Waals surface area contributed by atoms with Gasteiger partial charge in [0, 0.05) is 37.5 Å². The van der Waals surface area contributed by atoms with Gasteiger partial charge in [-0.3, -0.25) is 24.6 Å². The van der Waals surface area contributed by atoms with Crippen LogP contribution in [-0.4, -0.2) is 49.2 Å². The van der Waals surface area contributed by atoms with Crippen LogP contribution in [0.2, 0.25) is 0 Å². The summed E-state index contributed by atoms with van der Waals surface area (Å²) in [6.45, 7) is 6.15. The monoisotopic (exact) mass is 646 g/mol. The van der Waals surface area contributed by atoms with E-state index in [2.05, 4.69) is 4.98 Å². The van der Waals surface area contributed by atoms with E-state index in [-0.39, 0.29) is 36.5 Å². The molecule has 232 valence electrons. The Labute approximate surface area is 264 Å². The van der Waals surface area contributed by atoms with Crippen molar-refractivity contribution < 1.29 is 28.0 Å². The molecule has 4 aromatic rings. The summed E-state index contributed by atoms with van der Waals surface area (Å²) >= 11 is 0.686. The van der Waals surface area contributed by atoms with E-state index in [0.717, 1.165) is 46.6 Å². The summed E-state index contributed by atoms with van der Waals surface area (Å²) in [5.74, 6) is -2.22. The lowest BCUT2D eigenvalue weighted by atomic mass is 9.85. The number of nitro benzene ring substituents is 1. The molecule has 11 nitrogen and oxygen atoms in total. The molecule has 0 spiro atoms. The highest BCUT2D eigenvalue weighted by Gasteiger charge is 2.46. The molecule has 1 atom stereocenters. The van der Waals surface area contributed by atoms with Gasteiger partial charge in [0.25, 0.3) is 11.6 Å². The van der Waals surface area contributed by atoms with Gasteiger partial charge in [0.1, 0.15) is 4.21 Å². The number of hydrogen-bond donors (Lipinski definition) is 1. The van der Waals surface area contributed by atoms with Crippen LogP contribution in [-0.2, 0) is 20.0 Å². The van der Waals surface area contributed by atoms with Gasteiger partial charge in [-0.1, -0.05) is 56.4 Å². The molecule has 1 aliphatic rings. The van der Waals surface area contributed by atoms with Gasteiger partial charge in [-0.2, -0.15) is 0 Å². The van der Waals surface area contributed by atoms with Crippen LogP contribution in [0.15, 0.2) is 99.4 Å². The van der Waals surface area contributed by atoms with Gasteiger partial charge in [0.2, 0.25) is 9.84 Å². The van der Waals surface area contributed by atoms with Gasteiger partial charge in [-0.05, 0) is 52.9 Å². The first-order chi connectivity index (χ1) is 21.1. The number of amides is 1. The smallest absolute Gasteiger partial charge is 0.296 e. The lowest BCUT2D eigenvalue weighted by Gasteiger charge is -2.26. The lowest BCUT2D eigenvalue weighted by molar-refractivity contribution is -0.384. The first kappa shape index (κ1) is 31.5. The molecule has 5 rings (SSSR count). The van der Waals surface area contributed by atoms with Gasteiger partial charge < -0.3 is 10.0 Å². The maximum absolute atomic E-state index is 13.9. The zero-order valence-corrected chi connectivity index (χ0v) is 26.7. The summed E-state index contributed by atoms with van der Waals surface area (Å²) in [6, 6.07) is 17.4. The molecule has 0 bridgehead atoms. The average molecular weight is 647 g/mol. The third-order valence-corrected chi connectivity index (χ3v) is 10.7. The summed E-state index contributed by atoms with van der Waals surface area (Å²) in [5, 5.41) is 22.1. The Hall–Kier alpha value is -4.88. The molecule has 0 radical (unpaired) electrons. The molecule has 0 fully saturated rings. The Bertz CT molecular complexity index is 1940. The first-order valence-corrected chi connectivity index (χ1v) is 16.1. The Morgan fingerprint density at radius 2 is 1.60 bits per heavy atom. The second-order valence-electron chi connectivity index (χ2n) is 11.7. The summed E-state index contributed by atoms with van der Waals surface area (Å²) in [4.78, 5) is 45.0. The number of aliphatic hydroxyl groups is 1. The van der Waals surface area contributed by atoms with E-state index in [1.54, 1.807) is 36.4 Å². The van der Waals surface area contributed by atoms with Crippen molar-refractivity contribution >= 4 is 49.4 Å². The zero-order chi connectivity index (χ0) is 32.8. The van der Waals surface area contributed by atoms with Crippen molar-refractivity contribution in [2.45, 2.75) is 41.3 Å². The number of sulfone groups is 1. The second-order valence-corrected chi connectivity index (χ2v) is 14.9. The predicted octanol–water partition coefficient (Wildman–Crippen LogP) is 6.03. The minimum absolute atomic E-state index is 0.0531. The number of rotatable bonds is 8. The van der Waals surface area contributed by atoms with Crippen LogP contribution in [0.4, 0.5) is 16.5 Å². The van der Waals surface area contributed by atoms with E-state index >= 15 is 0 Å². The number of anilines is 2. The van der Waals surface area contributed by atoms with Gasteiger partial charge in [0.05, 0.1) is 27.6 Å². The summed E-state index contributed by atoms with van der Waals surface area (Å²) in [6.07, 6.45) is 1.08. The SMILES string of the molecule is CN(C)c1ccc(C(=O)C2=C(O)C(=O)N(c3ncc(S(=O)(=O)c4ccc([N+](=O)[O-])cc4)s3)C2c2ccc(C(C)(C)C)cc2)cc1. The Morgan fingerprint density at radius 3 is 2.13 bits per heavy atom. The largest absolute Gasteiger partial charge is 0.503 e. The number of aromatic nitrogens is 1. The summed E-state index contributed by atoms with van der Waals surface area (Å²) in [7, 11) is -0.438. The number of aliphatic hydroxyl groups excluding tert-OH is 1. The maximum atomic E-state index is 13.9. The summed E-state index contributed by atoms with van der Waals surface area (Å²) < 4.78 is 26.5. The number of non-ortho nitro benzene ring substituents is 1. The summed E-state index contributed by atoms with van der Waals surface area (Å²) in [5.41, 5.74) is 2.04. The van der Waals surface area contributed by atoms with Crippen molar-refractivity contribution in [3.05, 3.63) is 117 Å². The van der Waals surface area contributed by atoms with Crippen molar-refractivity contribution in [2.24, 2.45) is 0 Å². The van der Waals surface area contributed by atoms with Gasteiger partial charge in [0.15, 0.2) is 16.7 Å². The van der Waals surface area contributed by atoms with E-state index in [1.807, 2.05) is 51.9 Å². The van der Waals surface area contributed by atoms with Crippen molar-refractivity contribution in [1.82, 2.24) is 4.98 Å². The van der Waals surface area contributed by atoms with Crippen LogP contribution < -0.4 is 9.80 Å². The highest BCUT2D eigenvalue weighted by molar-refractivity contribution is 7.93. The maximum Gasteiger partial charge on any atom is 0.296 e. The van der Waals surface area contributed by atoms with Crippen molar-refractivity contribution in [3.63, 3.8) is 0 Å². The fraction of sp³-hybridized carbons (Fsp3) is 0.219. The molecule has 1 aliphatic heterocycles. The molecule has 1 amide bonds. The number of thiazole rings is 1. The number of nitrogens with zero attached hydrogens (tertiary/aromatic N) is 4. The number of nitro groups is 1. The third-order valence-electron chi connectivity index (χ3n) is 7.49. The van der Waals surface area contributed by atoms with E-state index in [9.17, 15) is 33.2 Å². The van der Waals surface area contributed by atoms with E-state index in [1.165, 1.54) is 0 Å². The molecule has 45 heavy (non-hydrogen) atoms. The van der Waals surface area contributed by atoms with E-state index in [4.69, 9.17) is 0 Å². The Morgan fingerprint density at radius 1 is 1.00 bits per heavy atom. The minimum Gasteiger partial charge on any atom is -0.503 e. The van der Waals surface area contributed by atoms with E-state index in [0.29, 0.717) is 16.9 Å². The fourth-order valence-corrected chi connectivity index (χ4v) is 7.48. The number of benzene rings is 3. The van der Waals surface area contributed by atoms with Crippen molar-refractivity contribution in [1.29, 1.82) is 0 Å². The first-order valence-electron chi connectivity index (χ1n) is 13.8. The molecule has 3 aromatic carbocycles. The fourth-order valence-electron chi connectivity index (χ4n) is 4.93. The quantitative estimate of drug-likeness (QED) is 0.137. The molecular formula is C32H30N4O7S2. The number of carbonyl (C=O) groups is 2. The third kappa shape index (κ3) is 5.83. The standard InChI is InChI=1S/C32H30N4O7S2/c1-32(2,3)21-10-6-19(7-11-21)27-26(28(37)20-8-12-22(13-9-20)34(4)5)29(38)30(39)35(27)31-33-18-25(44-31)45(42,43)24-16-14-23(15-17-24)36(40)41/h6-18,27,38H,1-5H3. The molecule has 0 aliphatic carbocycles. The van der Waals surface area contributed by atoms with Crippen LogP contribution in [0, 0.1) is 10.1 Å². The van der Waals surface area contributed by atoms with Crippen LogP contribution in [0.5, 0.6) is 0 Å². The molecule has 2 heterocycles.